The molecule has 0 bridgehead atoms. The lowest BCUT2D eigenvalue weighted by Gasteiger charge is -2.15. The molecule has 0 radical (unpaired) electrons. The number of para-hydroxylation sites is 1. The second-order valence-electron chi connectivity index (χ2n) is 4.68. The number of hydrogen-bond donors (Lipinski definition) is 1. The van der Waals surface area contributed by atoms with E-state index in [-0.39, 0.29) is 23.7 Å². The molecular formula is C17H13NO2. The molecule has 3 nitrogen and oxygen atoms in total. The molecule has 98 valence electrons. The average molecular weight is 263 g/mol. The smallest absolute Gasteiger partial charge is 0.259 e. The second-order valence-corrected chi connectivity index (χ2v) is 4.68. The Balaban J connectivity index is 1.88. The Morgan fingerprint density at radius 2 is 1.65 bits per heavy atom. The van der Waals surface area contributed by atoms with Gasteiger partial charge in [0.15, 0.2) is 5.78 Å². The van der Waals surface area contributed by atoms with E-state index in [2.05, 4.69) is 5.32 Å². The van der Waals surface area contributed by atoms with Gasteiger partial charge in [0.2, 0.25) is 0 Å². The maximum Gasteiger partial charge on any atom is 0.259 e. The Bertz CT molecular complexity index is 702. The quantitative estimate of drug-likeness (QED) is 0.847. The van der Waals surface area contributed by atoms with Gasteiger partial charge in [-0.05, 0) is 29.3 Å². The summed E-state index contributed by atoms with van der Waals surface area (Å²) in [6, 6.07) is 16.8. The van der Waals surface area contributed by atoms with Crippen LogP contribution in [0.4, 0.5) is 5.69 Å². The molecule has 0 spiro atoms. The molecular weight excluding hydrogens is 250 g/mol. The summed E-state index contributed by atoms with van der Waals surface area (Å²) in [5, 5.41) is 2.74. The van der Waals surface area contributed by atoms with Crippen LogP contribution >= 0.6 is 0 Å². The first kappa shape index (κ1) is 12.4. The topological polar surface area (TPSA) is 46.2 Å². The molecule has 20 heavy (non-hydrogen) atoms. The number of amides is 1. The van der Waals surface area contributed by atoms with Crippen LogP contribution < -0.4 is 5.32 Å². The first-order valence-electron chi connectivity index (χ1n) is 6.43. The van der Waals surface area contributed by atoms with Gasteiger partial charge in [0.25, 0.3) is 5.91 Å². The molecule has 0 atom stereocenters. The fourth-order valence-corrected chi connectivity index (χ4v) is 2.25. The third-order valence-electron chi connectivity index (χ3n) is 3.28. The van der Waals surface area contributed by atoms with Gasteiger partial charge >= 0.3 is 0 Å². The summed E-state index contributed by atoms with van der Waals surface area (Å²) < 4.78 is 0. The van der Waals surface area contributed by atoms with Gasteiger partial charge in [-0.1, -0.05) is 42.5 Å². The molecule has 0 saturated carbocycles. The Labute approximate surface area is 116 Å². The Morgan fingerprint density at radius 1 is 0.950 bits per heavy atom. The van der Waals surface area contributed by atoms with Crippen LogP contribution in [0.2, 0.25) is 0 Å². The van der Waals surface area contributed by atoms with Crippen LogP contribution in [0.1, 0.15) is 11.1 Å². The zero-order valence-corrected chi connectivity index (χ0v) is 10.8. The van der Waals surface area contributed by atoms with Crippen LogP contribution in [0, 0.1) is 0 Å². The number of carbonyl (C=O) groups excluding carboxylic acids is 2. The molecule has 3 rings (SSSR count). The number of anilines is 1. The number of rotatable bonds is 2. The van der Waals surface area contributed by atoms with E-state index in [1.807, 2.05) is 42.5 Å². The Hall–Kier alpha value is -2.68. The number of hydrogen-bond acceptors (Lipinski definition) is 2. The van der Waals surface area contributed by atoms with E-state index in [0.29, 0.717) is 5.69 Å². The Kier molecular flexibility index (Phi) is 3.17. The molecule has 1 aliphatic carbocycles. The first-order valence-corrected chi connectivity index (χ1v) is 6.43. The van der Waals surface area contributed by atoms with Gasteiger partial charge in [0, 0.05) is 12.1 Å². The Morgan fingerprint density at radius 3 is 2.45 bits per heavy atom. The van der Waals surface area contributed by atoms with Gasteiger partial charge in [-0.25, -0.2) is 0 Å². The summed E-state index contributed by atoms with van der Waals surface area (Å²) >= 11 is 0. The van der Waals surface area contributed by atoms with Crippen molar-refractivity contribution in [2.45, 2.75) is 6.42 Å². The normalized spacial score (nSPS) is 13.4. The number of nitrogens with one attached hydrogen (secondary N) is 1. The van der Waals surface area contributed by atoms with Gasteiger partial charge in [-0.3, -0.25) is 9.59 Å². The largest absolute Gasteiger partial charge is 0.322 e. The van der Waals surface area contributed by atoms with E-state index in [9.17, 15) is 9.59 Å². The predicted octanol–water partition coefficient (Wildman–Crippen LogP) is 2.83. The van der Waals surface area contributed by atoms with Crippen LogP contribution in [-0.2, 0) is 16.0 Å². The lowest BCUT2D eigenvalue weighted by Crippen LogP contribution is -2.24. The SMILES string of the molecule is O=C1Cc2ccccc2C=C1C(=O)Nc1ccccc1. The van der Waals surface area contributed by atoms with Crippen molar-refractivity contribution in [2.75, 3.05) is 5.32 Å². The summed E-state index contributed by atoms with van der Waals surface area (Å²) in [6.07, 6.45) is 1.95. The third-order valence-corrected chi connectivity index (χ3v) is 3.28. The van der Waals surface area contributed by atoms with E-state index in [4.69, 9.17) is 0 Å². The fraction of sp³-hybridized carbons (Fsp3) is 0.0588. The molecule has 0 saturated heterocycles. The number of benzene rings is 2. The van der Waals surface area contributed by atoms with E-state index in [0.717, 1.165) is 11.1 Å². The minimum Gasteiger partial charge on any atom is -0.322 e. The molecule has 2 aromatic rings. The highest BCUT2D eigenvalue weighted by Gasteiger charge is 2.23. The van der Waals surface area contributed by atoms with Crippen LogP contribution in [0.15, 0.2) is 60.2 Å². The number of Topliss-reactive ketones (excluding diaryl/α,β-unsaturated/α-hetero) is 1. The van der Waals surface area contributed by atoms with Gasteiger partial charge in [0.1, 0.15) is 0 Å². The number of carbonyl (C=O) groups is 2. The fourth-order valence-electron chi connectivity index (χ4n) is 2.25. The maximum absolute atomic E-state index is 12.2. The number of fused-ring (bicyclic) bond motifs is 1. The molecule has 0 aliphatic heterocycles. The van der Waals surface area contributed by atoms with Crippen molar-refractivity contribution < 1.29 is 9.59 Å². The van der Waals surface area contributed by atoms with Crippen LogP contribution in [-0.4, -0.2) is 11.7 Å². The highest BCUT2D eigenvalue weighted by molar-refractivity contribution is 6.27. The highest BCUT2D eigenvalue weighted by Crippen LogP contribution is 2.22. The van der Waals surface area contributed by atoms with Gasteiger partial charge in [0.05, 0.1) is 5.57 Å². The highest BCUT2D eigenvalue weighted by atomic mass is 16.2. The minimum atomic E-state index is -0.351. The lowest BCUT2D eigenvalue weighted by molar-refractivity contribution is -0.119. The van der Waals surface area contributed by atoms with Gasteiger partial charge in [-0.2, -0.15) is 0 Å². The summed E-state index contributed by atoms with van der Waals surface area (Å²) in [5.41, 5.74) is 2.80. The van der Waals surface area contributed by atoms with Crippen molar-refractivity contribution in [3.8, 4) is 0 Å². The van der Waals surface area contributed by atoms with Crippen LogP contribution in [0.5, 0.6) is 0 Å². The van der Waals surface area contributed by atoms with Crippen molar-refractivity contribution in [1.82, 2.24) is 0 Å². The van der Waals surface area contributed by atoms with Crippen molar-refractivity contribution >= 4 is 23.5 Å². The van der Waals surface area contributed by atoms with Gasteiger partial charge in [-0.15, -0.1) is 0 Å². The molecule has 1 aliphatic rings. The summed E-state index contributed by atoms with van der Waals surface area (Å²) in [4.78, 5) is 24.2. The van der Waals surface area contributed by atoms with Crippen molar-refractivity contribution in [3.05, 3.63) is 71.3 Å². The lowest BCUT2D eigenvalue weighted by atomic mass is 9.91. The molecule has 1 N–H and O–H groups in total. The van der Waals surface area contributed by atoms with E-state index in [1.165, 1.54) is 0 Å². The standard InChI is InChI=1S/C17H13NO2/c19-16-11-13-7-5-4-6-12(13)10-15(16)17(20)18-14-8-2-1-3-9-14/h1-10H,11H2,(H,18,20). The number of ketones is 1. The second kappa shape index (κ2) is 5.13. The van der Waals surface area contributed by atoms with Crippen molar-refractivity contribution in [2.24, 2.45) is 0 Å². The molecule has 3 heteroatoms. The van der Waals surface area contributed by atoms with Gasteiger partial charge < -0.3 is 5.32 Å². The maximum atomic E-state index is 12.2. The van der Waals surface area contributed by atoms with Crippen LogP contribution in [0.3, 0.4) is 0 Å². The monoisotopic (exact) mass is 263 g/mol. The third kappa shape index (κ3) is 2.38. The molecule has 0 fully saturated rings. The molecule has 0 unspecified atom stereocenters. The predicted molar refractivity (Wildman–Crippen MR) is 78.2 cm³/mol. The van der Waals surface area contributed by atoms with Crippen molar-refractivity contribution in [3.63, 3.8) is 0 Å². The minimum absolute atomic E-state index is 0.142. The molecule has 1 amide bonds. The van der Waals surface area contributed by atoms with Crippen molar-refractivity contribution in [1.29, 1.82) is 0 Å². The summed E-state index contributed by atoms with van der Waals surface area (Å²) in [7, 11) is 0. The molecule has 0 heterocycles. The molecule has 2 aromatic carbocycles. The average Bonchev–Trinajstić information content (AvgIpc) is 2.47. The summed E-state index contributed by atoms with van der Waals surface area (Å²) in [5.74, 6) is -0.493. The van der Waals surface area contributed by atoms with E-state index < -0.39 is 0 Å². The summed E-state index contributed by atoms with van der Waals surface area (Å²) in [6.45, 7) is 0. The van der Waals surface area contributed by atoms with Crippen LogP contribution in [0.25, 0.3) is 6.08 Å². The van der Waals surface area contributed by atoms with E-state index >= 15 is 0 Å². The zero-order valence-electron chi connectivity index (χ0n) is 10.8. The van der Waals surface area contributed by atoms with E-state index in [1.54, 1.807) is 18.2 Å². The molecule has 0 aromatic heterocycles. The first-order chi connectivity index (χ1) is 9.74. The zero-order chi connectivity index (χ0) is 13.9.